The summed E-state index contributed by atoms with van der Waals surface area (Å²) in [6.07, 6.45) is 1.37. The molecule has 10 heteroatoms. The summed E-state index contributed by atoms with van der Waals surface area (Å²) < 4.78 is 22.0. The first-order valence-corrected chi connectivity index (χ1v) is 12.2. The van der Waals surface area contributed by atoms with E-state index in [-0.39, 0.29) is 34.4 Å². The Morgan fingerprint density at radius 3 is 2.26 bits per heavy atom. The van der Waals surface area contributed by atoms with Gasteiger partial charge in [0.15, 0.2) is 0 Å². The molecule has 0 saturated carbocycles. The van der Waals surface area contributed by atoms with Gasteiger partial charge in [-0.2, -0.15) is 0 Å². The predicted octanol–water partition coefficient (Wildman–Crippen LogP) is 5.23. The lowest BCUT2D eigenvalue weighted by molar-refractivity contribution is -0.122. The number of ether oxygens (including phenoxy) is 4. The SMILES string of the molecule is COc1ccc(/C=C2\C(=O)NC(=O)N(c3cc(OC)c(Cl)cc3OC)C2=O)c(OCc2ccc(C)c(C)c2)c1. The second kappa shape index (κ2) is 11.5. The summed E-state index contributed by atoms with van der Waals surface area (Å²) in [6, 6.07) is 12.9. The zero-order valence-electron chi connectivity index (χ0n) is 22.1. The summed E-state index contributed by atoms with van der Waals surface area (Å²) in [5, 5.41) is 2.43. The van der Waals surface area contributed by atoms with Crippen LogP contribution >= 0.6 is 11.6 Å². The summed E-state index contributed by atoms with van der Waals surface area (Å²) >= 11 is 6.18. The van der Waals surface area contributed by atoms with Crippen LogP contribution in [0.2, 0.25) is 5.02 Å². The number of nitrogens with one attached hydrogen (secondary N) is 1. The zero-order chi connectivity index (χ0) is 28.3. The van der Waals surface area contributed by atoms with Gasteiger partial charge in [-0.1, -0.05) is 29.8 Å². The van der Waals surface area contributed by atoms with Crippen molar-refractivity contribution in [1.29, 1.82) is 0 Å². The summed E-state index contributed by atoms with van der Waals surface area (Å²) in [5.41, 5.74) is 3.46. The monoisotopic (exact) mass is 550 g/mol. The van der Waals surface area contributed by atoms with Gasteiger partial charge in [-0.15, -0.1) is 0 Å². The van der Waals surface area contributed by atoms with E-state index in [9.17, 15) is 14.4 Å². The number of nitrogens with zero attached hydrogens (tertiary/aromatic N) is 1. The molecule has 0 spiro atoms. The van der Waals surface area contributed by atoms with Gasteiger partial charge in [-0.05, 0) is 48.7 Å². The smallest absolute Gasteiger partial charge is 0.336 e. The van der Waals surface area contributed by atoms with Gasteiger partial charge >= 0.3 is 6.03 Å². The highest BCUT2D eigenvalue weighted by atomic mass is 35.5. The van der Waals surface area contributed by atoms with Crippen LogP contribution in [0.4, 0.5) is 10.5 Å². The van der Waals surface area contributed by atoms with Crippen molar-refractivity contribution < 1.29 is 33.3 Å². The molecular formula is C29H27ClN2O7. The van der Waals surface area contributed by atoms with Crippen molar-refractivity contribution in [2.45, 2.75) is 20.5 Å². The van der Waals surface area contributed by atoms with Crippen LogP contribution in [0.1, 0.15) is 22.3 Å². The lowest BCUT2D eigenvalue weighted by atomic mass is 10.1. The van der Waals surface area contributed by atoms with E-state index in [1.165, 1.54) is 45.1 Å². The third-order valence-electron chi connectivity index (χ3n) is 6.28. The lowest BCUT2D eigenvalue weighted by Gasteiger charge is -2.28. The molecule has 4 rings (SSSR count). The molecule has 1 saturated heterocycles. The van der Waals surface area contributed by atoms with Crippen molar-refractivity contribution in [2.24, 2.45) is 0 Å². The van der Waals surface area contributed by atoms with Crippen LogP contribution in [0, 0.1) is 13.8 Å². The van der Waals surface area contributed by atoms with Crippen LogP contribution in [-0.4, -0.2) is 39.2 Å². The number of urea groups is 1. The molecule has 0 radical (unpaired) electrons. The fraction of sp³-hybridized carbons (Fsp3) is 0.207. The second-order valence-electron chi connectivity index (χ2n) is 8.73. The van der Waals surface area contributed by atoms with Gasteiger partial charge in [0.05, 0.1) is 32.0 Å². The highest BCUT2D eigenvalue weighted by Gasteiger charge is 2.39. The van der Waals surface area contributed by atoms with Crippen LogP contribution in [0.3, 0.4) is 0 Å². The summed E-state index contributed by atoms with van der Waals surface area (Å²) in [4.78, 5) is 40.0. The number of benzene rings is 3. The van der Waals surface area contributed by atoms with Crippen molar-refractivity contribution in [3.05, 3.63) is 81.4 Å². The maximum Gasteiger partial charge on any atom is 0.336 e. The van der Waals surface area contributed by atoms with E-state index in [0.717, 1.165) is 16.0 Å². The van der Waals surface area contributed by atoms with Crippen molar-refractivity contribution in [1.82, 2.24) is 5.32 Å². The van der Waals surface area contributed by atoms with Gasteiger partial charge < -0.3 is 18.9 Å². The van der Waals surface area contributed by atoms with Crippen molar-refractivity contribution in [2.75, 3.05) is 26.2 Å². The van der Waals surface area contributed by atoms with Crippen LogP contribution in [0.25, 0.3) is 6.08 Å². The maximum atomic E-state index is 13.6. The number of anilines is 1. The van der Waals surface area contributed by atoms with Gasteiger partial charge in [0.2, 0.25) is 0 Å². The minimum absolute atomic E-state index is 0.0561. The molecule has 1 aliphatic rings. The molecule has 3 aromatic carbocycles. The highest BCUT2D eigenvalue weighted by molar-refractivity contribution is 6.39. The molecule has 202 valence electrons. The Balaban J connectivity index is 1.73. The van der Waals surface area contributed by atoms with Gasteiger partial charge in [-0.3, -0.25) is 14.9 Å². The molecular weight excluding hydrogens is 524 g/mol. The number of amides is 4. The van der Waals surface area contributed by atoms with Crippen LogP contribution in [0.5, 0.6) is 23.0 Å². The van der Waals surface area contributed by atoms with Crippen LogP contribution < -0.4 is 29.2 Å². The number of hydrogen-bond acceptors (Lipinski definition) is 7. The van der Waals surface area contributed by atoms with E-state index >= 15 is 0 Å². The molecule has 4 amide bonds. The normalized spacial score (nSPS) is 14.4. The Hall–Kier alpha value is -4.50. The largest absolute Gasteiger partial charge is 0.497 e. The Kier molecular flexibility index (Phi) is 8.11. The van der Waals surface area contributed by atoms with Gasteiger partial charge in [0.1, 0.15) is 35.2 Å². The van der Waals surface area contributed by atoms with E-state index in [0.29, 0.717) is 17.1 Å². The Morgan fingerprint density at radius 2 is 1.59 bits per heavy atom. The Bertz CT molecular complexity index is 1500. The molecule has 1 aliphatic heterocycles. The number of barbiturate groups is 1. The quantitative estimate of drug-likeness (QED) is 0.302. The Labute approximate surface area is 230 Å². The van der Waals surface area contributed by atoms with Gasteiger partial charge in [0, 0.05) is 23.8 Å². The molecule has 0 bridgehead atoms. The van der Waals surface area contributed by atoms with Crippen molar-refractivity contribution in [3.63, 3.8) is 0 Å². The fourth-order valence-electron chi connectivity index (χ4n) is 3.99. The summed E-state index contributed by atoms with van der Waals surface area (Å²) in [5.74, 6) is -0.441. The van der Waals surface area contributed by atoms with E-state index in [2.05, 4.69) is 5.32 Å². The maximum absolute atomic E-state index is 13.6. The molecule has 1 fully saturated rings. The van der Waals surface area contributed by atoms with E-state index in [4.69, 9.17) is 30.5 Å². The second-order valence-corrected chi connectivity index (χ2v) is 9.13. The molecule has 0 atom stereocenters. The topological polar surface area (TPSA) is 103 Å². The lowest BCUT2D eigenvalue weighted by Crippen LogP contribution is -2.54. The number of carbonyl (C=O) groups excluding carboxylic acids is 3. The number of rotatable bonds is 8. The minimum atomic E-state index is -0.939. The minimum Gasteiger partial charge on any atom is -0.497 e. The molecule has 0 unspecified atom stereocenters. The number of carbonyl (C=O) groups is 3. The first kappa shape index (κ1) is 27.5. The molecule has 1 heterocycles. The highest BCUT2D eigenvalue weighted by Crippen LogP contribution is 2.39. The fourth-order valence-corrected chi connectivity index (χ4v) is 4.22. The van der Waals surface area contributed by atoms with Gasteiger partial charge in [-0.25, -0.2) is 9.69 Å². The molecule has 0 aromatic heterocycles. The average Bonchev–Trinajstić information content (AvgIpc) is 2.92. The first-order chi connectivity index (χ1) is 18.7. The summed E-state index contributed by atoms with van der Waals surface area (Å²) in [6.45, 7) is 4.30. The number of aryl methyl sites for hydroxylation is 2. The first-order valence-electron chi connectivity index (χ1n) is 11.9. The summed E-state index contributed by atoms with van der Waals surface area (Å²) in [7, 11) is 4.29. The predicted molar refractivity (Wildman–Crippen MR) is 147 cm³/mol. The van der Waals surface area contributed by atoms with Crippen molar-refractivity contribution >= 4 is 41.2 Å². The zero-order valence-corrected chi connectivity index (χ0v) is 22.8. The molecule has 1 N–H and O–H groups in total. The van der Waals surface area contributed by atoms with E-state index in [1.54, 1.807) is 18.2 Å². The molecule has 0 aliphatic carbocycles. The Morgan fingerprint density at radius 1 is 0.846 bits per heavy atom. The van der Waals surface area contributed by atoms with Crippen LogP contribution in [-0.2, 0) is 16.2 Å². The standard InChI is InChI=1S/C29H27ClN2O7/c1-16-6-7-18(10-17(16)2)15-39-24-12-20(36-3)9-8-19(24)11-21-27(33)31-29(35)32(28(21)34)23-14-25(37-4)22(30)13-26(23)38-5/h6-14H,15H2,1-5H3,(H,31,33,35)/b21-11+. The molecule has 9 nitrogen and oxygen atoms in total. The number of hydrogen-bond donors (Lipinski definition) is 1. The molecule has 39 heavy (non-hydrogen) atoms. The number of halogens is 1. The molecule has 3 aromatic rings. The average molecular weight is 551 g/mol. The van der Waals surface area contributed by atoms with E-state index in [1.807, 2.05) is 32.0 Å². The van der Waals surface area contributed by atoms with E-state index < -0.39 is 17.8 Å². The van der Waals surface area contributed by atoms with Crippen LogP contribution in [0.15, 0.2) is 54.1 Å². The number of imide groups is 2. The van der Waals surface area contributed by atoms with Crippen molar-refractivity contribution in [3.8, 4) is 23.0 Å². The van der Waals surface area contributed by atoms with Gasteiger partial charge in [0.25, 0.3) is 11.8 Å². The number of methoxy groups -OCH3 is 3. The third kappa shape index (κ3) is 5.68. The third-order valence-corrected chi connectivity index (χ3v) is 6.58.